The molecule has 0 unspecified atom stereocenters. The van der Waals surface area contributed by atoms with Gasteiger partial charge in [0.05, 0.1) is 12.2 Å². The second-order valence-electron chi connectivity index (χ2n) is 1.37. The average molecular weight is 124 g/mol. The second-order valence-corrected chi connectivity index (χ2v) is 1.37. The minimum absolute atomic E-state index is 0.257. The van der Waals surface area contributed by atoms with E-state index in [1.807, 2.05) is 0 Å². The van der Waals surface area contributed by atoms with Gasteiger partial charge in [-0.2, -0.15) is 0 Å². The normalized spacial score (nSPS) is 8.44. The number of aromatic nitrogens is 1. The maximum atomic E-state index is 7.87. The standard InChI is InChI=1S/C4H4N4O/c5-8-7-1-4-2-9-3-6-4/h2-3H,1H2. The topological polar surface area (TPSA) is 74.8 Å². The van der Waals surface area contributed by atoms with Crippen molar-refractivity contribution in [1.82, 2.24) is 4.98 Å². The van der Waals surface area contributed by atoms with Crippen molar-refractivity contribution in [2.24, 2.45) is 5.11 Å². The third-order valence-electron chi connectivity index (χ3n) is 0.779. The zero-order chi connectivity index (χ0) is 6.53. The van der Waals surface area contributed by atoms with Crippen LogP contribution in [-0.2, 0) is 6.54 Å². The van der Waals surface area contributed by atoms with Crippen LogP contribution in [0.15, 0.2) is 22.2 Å². The highest BCUT2D eigenvalue weighted by atomic mass is 16.3. The van der Waals surface area contributed by atoms with Gasteiger partial charge in [-0.05, 0) is 5.53 Å². The first kappa shape index (κ1) is 5.65. The lowest BCUT2D eigenvalue weighted by Crippen LogP contribution is -1.75. The molecule has 9 heavy (non-hydrogen) atoms. The molecule has 5 heteroatoms. The third kappa shape index (κ3) is 1.47. The fourth-order valence-electron chi connectivity index (χ4n) is 0.420. The molecule has 0 aromatic carbocycles. The van der Waals surface area contributed by atoms with Crippen molar-refractivity contribution in [1.29, 1.82) is 0 Å². The zero-order valence-corrected chi connectivity index (χ0v) is 4.56. The van der Waals surface area contributed by atoms with Gasteiger partial charge in [0.25, 0.3) is 0 Å². The molecule has 0 spiro atoms. The number of rotatable bonds is 2. The van der Waals surface area contributed by atoms with Crippen molar-refractivity contribution in [2.75, 3.05) is 0 Å². The van der Waals surface area contributed by atoms with E-state index in [4.69, 9.17) is 5.53 Å². The molecule has 1 aromatic rings. The van der Waals surface area contributed by atoms with Crippen molar-refractivity contribution < 1.29 is 4.42 Å². The number of nitrogens with zero attached hydrogens (tertiary/aromatic N) is 4. The largest absolute Gasteiger partial charge is 0.451 e. The molecule has 0 aliphatic carbocycles. The molecule has 0 atom stereocenters. The van der Waals surface area contributed by atoms with E-state index in [9.17, 15) is 0 Å². The molecule has 1 heterocycles. The summed E-state index contributed by atoms with van der Waals surface area (Å²) in [7, 11) is 0. The zero-order valence-electron chi connectivity index (χ0n) is 4.56. The van der Waals surface area contributed by atoms with Crippen LogP contribution in [-0.4, -0.2) is 4.98 Å². The van der Waals surface area contributed by atoms with Gasteiger partial charge in [0.2, 0.25) is 0 Å². The average Bonchev–Trinajstić information content (AvgIpc) is 2.34. The Kier molecular flexibility index (Phi) is 1.72. The maximum absolute atomic E-state index is 7.87. The molecule has 0 aliphatic heterocycles. The van der Waals surface area contributed by atoms with E-state index in [1.165, 1.54) is 12.7 Å². The minimum atomic E-state index is 0.257. The summed E-state index contributed by atoms with van der Waals surface area (Å²) < 4.78 is 4.62. The Hall–Kier alpha value is -1.48. The first-order valence-electron chi connectivity index (χ1n) is 2.31. The van der Waals surface area contributed by atoms with Crippen LogP contribution in [0.1, 0.15) is 5.69 Å². The van der Waals surface area contributed by atoms with E-state index in [0.717, 1.165) is 0 Å². The Labute approximate surface area is 50.9 Å². The molecule has 0 aliphatic rings. The maximum Gasteiger partial charge on any atom is 0.180 e. The van der Waals surface area contributed by atoms with Gasteiger partial charge in [0, 0.05) is 4.91 Å². The van der Waals surface area contributed by atoms with Crippen molar-refractivity contribution in [3.05, 3.63) is 28.8 Å². The van der Waals surface area contributed by atoms with Crippen molar-refractivity contribution >= 4 is 0 Å². The van der Waals surface area contributed by atoms with Gasteiger partial charge >= 0.3 is 0 Å². The van der Waals surface area contributed by atoms with Crippen molar-refractivity contribution in [3.8, 4) is 0 Å². The lowest BCUT2D eigenvalue weighted by atomic mass is 10.5. The Morgan fingerprint density at radius 3 is 3.33 bits per heavy atom. The Bertz CT molecular complexity index is 210. The smallest absolute Gasteiger partial charge is 0.180 e. The fraction of sp³-hybridized carbons (Fsp3) is 0.250. The number of hydrogen-bond donors (Lipinski definition) is 0. The van der Waals surface area contributed by atoms with Crippen LogP contribution < -0.4 is 0 Å². The Morgan fingerprint density at radius 2 is 2.78 bits per heavy atom. The molecule has 0 saturated heterocycles. The lowest BCUT2D eigenvalue weighted by Gasteiger charge is -1.77. The first-order chi connectivity index (χ1) is 4.43. The molecule has 46 valence electrons. The van der Waals surface area contributed by atoms with Crippen LogP contribution in [0, 0.1) is 0 Å². The van der Waals surface area contributed by atoms with E-state index in [2.05, 4.69) is 19.4 Å². The summed E-state index contributed by atoms with van der Waals surface area (Å²) in [5.74, 6) is 0. The SMILES string of the molecule is [N-]=[N+]=NCc1cocn1. The van der Waals surface area contributed by atoms with E-state index in [1.54, 1.807) is 0 Å². The highest BCUT2D eigenvalue weighted by Crippen LogP contribution is 1.95. The highest BCUT2D eigenvalue weighted by molar-refractivity contribution is 4.89. The molecule has 0 bridgehead atoms. The van der Waals surface area contributed by atoms with E-state index in [-0.39, 0.29) is 6.54 Å². The van der Waals surface area contributed by atoms with Gasteiger partial charge in [0.1, 0.15) is 6.26 Å². The molecular weight excluding hydrogens is 120 g/mol. The molecule has 0 N–H and O–H groups in total. The van der Waals surface area contributed by atoms with Gasteiger partial charge in [-0.1, -0.05) is 5.11 Å². The van der Waals surface area contributed by atoms with E-state index < -0.39 is 0 Å². The van der Waals surface area contributed by atoms with Crippen LogP contribution >= 0.6 is 0 Å². The quantitative estimate of drug-likeness (QED) is 0.340. The first-order valence-corrected chi connectivity index (χ1v) is 2.31. The number of hydrogen-bond acceptors (Lipinski definition) is 3. The number of oxazole rings is 1. The molecule has 5 nitrogen and oxygen atoms in total. The molecule has 1 rings (SSSR count). The van der Waals surface area contributed by atoms with E-state index >= 15 is 0 Å². The predicted octanol–water partition coefficient (Wildman–Crippen LogP) is 1.48. The van der Waals surface area contributed by atoms with Gasteiger partial charge in [-0.15, -0.1) is 0 Å². The molecule has 0 saturated carbocycles. The third-order valence-corrected chi connectivity index (χ3v) is 0.779. The monoisotopic (exact) mass is 124 g/mol. The molecular formula is C4H4N4O. The highest BCUT2D eigenvalue weighted by Gasteiger charge is 1.89. The van der Waals surface area contributed by atoms with Crippen LogP contribution in [0.3, 0.4) is 0 Å². The van der Waals surface area contributed by atoms with Gasteiger partial charge in [-0.3, -0.25) is 0 Å². The summed E-state index contributed by atoms with van der Waals surface area (Å²) >= 11 is 0. The Balaban J connectivity index is 2.57. The molecule has 0 radical (unpaired) electrons. The minimum Gasteiger partial charge on any atom is -0.451 e. The van der Waals surface area contributed by atoms with Crippen LogP contribution in [0.2, 0.25) is 0 Å². The van der Waals surface area contributed by atoms with Crippen molar-refractivity contribution in [2.45, 2.75) is 6.54 Å². The predicted molar refractivity (Wildman–Crippen MR) is 29.4 cm³/mol. The summed E-state index contributed by atoms with van der Waals surface area (Å²) in [5.41, 5.74) is 8.51. The molecule has 0 amide bonds. The van der Waals surface area contributed by atoms with Gasteiger partial charge in [-0.25, -0.2) is 4.98 Å². The van der Waals surface area contributed by atoms with Crippen LogP contribution in [0.25, 0.3) is 10.4 Å². The van der Waals surface area contributed by atoms with Gasteiger partial charge in [0.15, 0.2) is 6.39 Å². The van der Waals surface area contributed by atoms with E-state index in [0.29, 0.717) is 5.69 Å². The second kappa shape index (κ2) is 2.74. The lowest BCUT2D eigenvalue weighted by molar-refractivity contribution is 0.556. The summed E-state index contributed by atoms with van der Waals surface area (Å²) in [6, 6.07) is 0. The summed E-state index contributed by atoms with van der Waals surface area (Å²) in [6.45, 7) is 0.257. The summed E-state index contributed by atoms with van der Waals surface area (Å²) in [4.78, 5) is 6.28. The number of azide groups is 1. The van der Waals surface area contributed by atoms with Gasteiger partial charge < -0.3 is 4.42 Å². The molecule has 1 aromatic heterocycles. The van der Waals surface area contributed by atoms with Crippen LogP contribution in [0.5, 0.6) is 0 Å². The van der Waals surface area contributed by atoms with Crippen molar-refractivity contribution in [3.63, 3.8) is 0 Å². The molecule has 0 fully saturated rings. The summed E-state index contributed by atoms with van der Waals surface area (Å²) in [5, 5.41) is 3.27. The Morgan fingerprint density at radius 1 is 1.89 bits per heavy atom. The summed E-state index contributed by atoms with van der Waals surface area (Å²) in [6.07, 6.45) is 2.73. The fourth-order valence-corrected chi connectivity index (χ4v) is 0.420. The van der Waals surface area contributed by atoms with Crippen LogP contribution in [0.4, 0.5) is 0 Å².